The molecule has 0 amide bonds. The van der Waals surface area contributed by atoms with Crippen molar-refractivity contribution >= 4 is 11.8 Å². The monoisotopic (exact) mass is 362 g/mol. The minimum absolute atomic E-state index is 0. The fourth-order valence-corrected chi connectivity index (χ4v) is 1.06. The third kappa shape index (κ3) is 9.39. The Balaban J connectivity index is 0. The van der Waals surface area contributed by atoms with E-state index in [1.807, 2.05) is 18.2 Å². The van der Waals surface area contributed by atoms with Crippen LogP contribution in [0.2, 0.25) is 0 Å². The van der Waals surface area contributed by atoms with Gasteiger partial charge in [-0.3, -0.25) is 14.8 Å². The first-order valence-corrected chi connectivity index (χ1v) is 5.21. The molecule has 0 spiro atoms. The summed E-state index contributed by atoms with van der Waals surface area (Å²) in [5, 5.41) is 8.27. The SMILES string of the molecule is O=C(O)C(=O)Cc1ccccn1.[Co].[Co].c1ccncc1. The molecule has 0 aliphatic heterocycles. The van der Waals surface area contributed by atoms with Gasteiger partial charge in [-0.1, -0.05) is 12.1 Å². The summed E-state index contributed by atoms with van der Waals surface area (Å²) in [6, 6.07) is 10.7. The smallest absolute Gasteiger partial charge is 0.372 e. The van der Waals surface area contributed by atoms with Crippen LogP contribution in [0.1, 0.15) is 5.69 Å². The van der Waals surface area contributed by atoms with E-state index in [-0.39, 0.29) is 40.0 Å². The van der Waals surface area contributed by atoms with Crippen LogP contribution in [0.25, 0.3) is 0 Å². The van der Waals surface area contributed by atoms with Crippen molar-refractivity contribution in [1.82, 2.24) is 9.97 Å². The van der Waals surface area contributed by atoms with Gasteiger partial charge in [0.1, 0.15) is 0 Å². The maximum absolute atomic E-state index is 10.7. The number of hydrogen-bond acceptors (Lipinski definition) is 4. The second-order valence-electron chi connectivity index (χ2n) is 3.25. The fraction of sp³-hybridized carbons (Fsp3) is 0.0769. The molecule has 0 aliphatic carbocycles. The quantitative estimate of drug-likeness (QED) is 0.834. The van der Waals surface area contributed by atoms with Gasteiger partial charge in [0, 0.05) is 57.8 Å². The van der Waals surface area contributed by atoms with E-state index in [4.69, 9.17) is 5.11 Å². The average Bonchev–Trinajstić information content (AvgIpc) is 2.42. The Morgan fingerprint density at radius 2 is 1.55 bits per heavy atom. The minimum atomic E-state index is -1.42. The predicted molar refractivity (Wildman–Crippen MR) is 64.8 cm³/mol. The molecule has 0 fully saturated rings. The van der Waals surface area contributed by atoms with E-state index in [0.717, 1.165) is 0 Å². The van der Waals surface area contributed by atoms with Crippen LogP contribution in [0.5, 0.6) is 0 Å². The Labute approximate surface area is 137 Å². The number of ketones is 1. The third-order valence-corrected chi connectivity index (χ3v) is 1.87. The normalized spacial score (nSPS) is 8.00. The van der Waals surface area contributed by atoms with Gasteiger partial charge in [-0.2, -0.15) is 0 Å². The zero-order chi connectivity index (χ0) is 13.2. The van der Waals surface area contributed by atoms with E-state index in [0.29, 0.717) is 5.69 Å². The van der Waals surface area contributed by atoms with E-state index in [9.17, 15) is 9.59 Å². The van der Waals surface area contributed by atoms with Crippen LogP contribution in [-0.2, 0) is 49.6 Å². The number of carbonyl (C=O) groups excluding carboxylic acids is 1. The van der Waals surface area contributed by atoms with Crippen molar-refractivity contribution in [1.29, 1.82) is 0 Å². The van der Waals surface area contributed by atoms with E-state index in [2.05, 4.69) is 9.97 Å². The maximum Gasteiger partial charge on any atom is 0.372 e. The first-order chi connectivity index (χ1) is 8.70. The molecule has 0 unspecified atom stereocenters. The second-order valence-corrected chi connectivity index (χ2v) is 3.25. The molecule has 2 radical (unpaired) electrons. The fourth-order valence-electron chi connectivity index (χ4n) is 1.06. The molecule has 2 aromatic rings. The summed E-state index contributed by atoms with van der Waals surface area (Å²) in [7, 11) is 0. The second kappa shape index (κ2) is 12.5. The number of aromatic nitrogens is 2. The first kappa shape index (κ1) is 20.8. The molecule has 2 aromatic heterocycles. The Hall–Kier alpha value is -1.55. The van der Waals surface area contributed by atoms with Crippen LogP contribution in [0.3, 0.4) is 0 Å². The Kier molecular flexibility index (Phi) is 13.0. The van der Waals surface area contributed by atoms with Crippen molar-refractivity contribution in [2.75, 3.05) is 0 Å². The third-order valence-electron chi connectivity index (χ3n) is 1.87. The van der Waals surface area contributed by atoms with Crippen LogP contribution >= 0.6 is 0 Å². The summed E-state index contributed by atoms with van der Waals surface area (Å²) in [4.78, 5) is 28.4. The topological polar surface area (TPSA) is 80.1 Å². The molecule has 110 valence electrons. The minimum Gasteiger partial charge on any atom is -0.475 e. The van der Waals surface area contributed by atoms with Gasteiger partial charge in [-0.05, 0) is 24.3 Å². The van der Waals surface area contributed by atoms with Crippen LogP contribution in [-0.4, -0.2) is 26.8 Å². The molecule has 0 saturated carbocycles. The maximum atomic E-state index is 10.7. The van der Waals surface area contributed by atoms with Crippen molar-refractivity contribution in [3.8, 4) is 0 Å². The van der Waals surface area contributed by atoms with Gasteiger partial charge < -0.3 is 5.11 Å². The molecule has 0 aromatic carbocycles. The Morgan fingerprint density at radius 1 is 0.950 bits per heavy atom. The van der Waals surface area contributed by atoms with Crippen LogP contribution in [0.4, 0.5) is 0 Å². The molecule has 0 atom stereocenters. The number of aliphatic carboxylic acids is 1. The number of pyridine rings is 2. The van der Waals surface area contributed by atoms with Gasteiger partial charge in [0.25, 0.3) is 0 Å². The summed E-state index contributed by atoms with van der Waals surface area (Å²) in [6.45, 7) is 0. The molecular formula is C13H12Co2N2O3. The zero-order valence-corrected chi connectivity index (χ0v) is 12.3. The van der Waals surface area contributed by atoms with Crippen molar-refractivity contribution < 1.29 is 48.3 Å². The summed E-state index contributed by atoms with van der Waals surface area (Å²) < 4.78 is 0. The van der Waals surface area contributed by atoms with Gasteiger partial charge in [0.15, 0.2) is 0 Å². The standard InChI is InChI=1S/C8H7NO3.C5H5N.2Co/c10-7(8(11)12)5-6-3-1-2-4-9-6;1-2-4-6-5-3-1;;/h1-4H,5H2,(H,11,12);1-5H;;. The summed E-state index contributed by atoms with van der Waals surface area (Å²) >= 11 is 0. The van der Waals surface area contributed by atoms with Crippen LogP contribution in [0.15, 0.2) is 55.0 Å². The molecule has 2 rings (SSSR count). The molecule has 0 aliphatic rings. The largest absolute Gasteiger partial charge is 0.475 e. The predicted octanol–water partition coefficient (Wildman–Crippen LogP) is 1.35. The van der Waals surface area contributed by atoms with E-state index < -0.39 is 11.8 Å². The number of nitrogens with zero attached hydrogens (tertiary/aromatic N) is 2. The number of Topliss-reactive ketones (excluding diaryl/α,β-unsaturated/α-hetero) is 1. The Morgan fingerprint density at radius 3 is 1.90 bits per heavy atom. The molecular weight excluding hydrogens is 350 g/mol. The molecule has 7 heteroatoms. The number of carbonyl (C=O) groups is 2. The van der Waals surface area contributed by atoms with Gasteiger partial charge in [0.2, 0.25) is 5.78 Å². The molecule has 0 bridgehead atoms. The number of carboxylic acids is 1. The van der Waals surface area contributed by atoms with Crippen molar-refractivity contribution in [3.05, 3.63) is 60.7 Å². The Bertz CT molecular complexity index is 469. The first-order valence-electron chi connectivity index (χ1n) is 5.21. The van der Waals surface area contributed by atoms with Gasteiger partial charge >= 0.3 is 5.97 Å². The summed E-state index contributed by atoms with van der Waals surface area (Å²) in [6.07, 6.45) is 4.88. The van der Waals surface area contributed by atoms with Gasteiger partial charge in [-0.15, -0.1) is 0 Å². The van der Waals surface area contributed by atoms with Crippen LogP contribution in [0, 0.1) is 0 Å². The van der Waals surface area contributed by atoms with Crippen molar-refractivity contribution in [3.63, 3.8) is 0 Å². The molecule has 20 heavy (non-hydrogen) atoms. The van der Waals surface area contributed by atoms with Crippen molar-refractivity contribution in [2.24, 2.45) is 0 Å². The number of rotatable bonds is 3. The molecule has 2 heterocycles. The molecule has 5 nitrogen and oxygen atoms in total. The van der Waals surface area contributed by atoms with Crippen LogP contribution < -0.4 is 0 Å². The molecule has 1 N–H and O–H groups in total. The summed E-state index contributed by atoms with van der Waals surface area (Å²) in [5.41, 5.74) is 0.477. The van der Waals surface area contributed by atoms with E-state index >= 15 is 0 Å². The number of carboxylic acid groups (broad SMARTS) is 1. The average molecular weight is 362 g/mol. The number of hydrogen-bond donors (Lipinski definition) is 1. The molecule has 0 saturated heterocycles. The summed E-state index contributed by atoms with van der Waals surface area (Å²) in [5.74, 6) is -2.26. The van der Waals surface area contributed by atoms with E-state index in [1.54, 1.807) is 30.6 Å². The van der Waals surface area contributed by atoms with E-state index in [1.165, 1.54) is 6.20 Å². The van der Waals surface area contributed by atoms with Gasteiger partial charge in [0.05, 0.1) is 6.42 Å². The zero-order valence-electron chi connectivity index (χ0n) is 10.2. The van der Waals surface area contributed by atoms with Gasteiger partial charge in [-0.25, -0.2) is 4.79 Å². The van der Waals surface area contributed by atoms with Crippen molar-refractivity contribution in [2.45, 2.75) is 6.42 Å².